The van der Waals surface area contributed by atoms with Crippen molar-refractivity contribution in [2.45, 2.75) is 26.4 Å². The summed E-state index contributed by atoms with van der Waals surface area (Å²) >= 11 is 4.80. The minimum atomic E-state index is -0.448. The van der Waals surface area contributed by atoms with Crippen molar-refractivity contribution < 1.29 is 19.1 Å². The monoisotopic (exact) mass is 563 g/mol. The third kappa shape index (κ3) is 6.42. The minimum Gasteiger partial charge on any atom is -0.489 e. The lowest BCUT2D eigenvalue weighted by Gasteiger charge is -2.09. The summed E-state index contributed by atoms with van der Waals surface area (Å²) in [5, 5.41) is 3.40. The lowest BCUT2D eigenvalue weighted by molar-refractivity contribution is 0.0528. The van der Waals surface area contributed by atoms with Crippen LogP contribution in [0, 0.1) is 0 Å². The number of rotatable bonds is 9. The number of amides is 1. The van der Waals surface area contributed by atoms with Crippen LogP contribution >= 0.6 is 27.3 Å². The number of nitrogens with one attached hydrogen (secondary N) is 1. The second kappa shape index (κ2) is 12.0. The predicted octanol–water partition coefficient (Wildman–Crippen LogP) is 7.67. The van der Waals surface area contributed by atoms with Gasteiger partial charge in [0.15, 0.2) is 0 Å². The van der Waals surface area contributed by atoms with Crippen molar-refractivity contribution in [2.75, 3.05) is 11.9 Å². The number of carbonyl (C=O) groups is 2. The van der Waals surface area contributed by atoms with Gasteiger partial charge in [0.25, 0.3) is 5.91 Å². The molecule has 7 heteroatoms. The Morgan fingerprint density at radius 3 is 2.33 bits per heavy atom. The molecule has 0 aliphatic heterocycles. The van der Waals surface area contributed by atoms with E-state index < -0.39 is 5.97 Å². The summed E-state index contributed by atoms with van der Waals surface area (Å²) in [6.07, 6.45) is 0. The van der Waals surface area contributed by atoms with Crippen LogP contribution in [0.2, 0.25) is 0 Å². The van der Waals surface area contributed by atoms with E-state index in [1.807, 2.05) is 60.7 Å². The van der Waals surface area contributed by atoms with Gasteiger partial charge >= 0.3 is 5.97 Å². The second-order valence-electron chi connectivity index (χ2n) is 8.14. The van der Waals surface area contributed by atoms with Gasteiger partial charge in [0, 0.05) is 20.8 Å². The van der Waals surface area contributed by atoms with Gasteiger partial charge in [0.1, 0.15) is 17.4 Å². The molecule has 1 N–H and O–H groups in total. The third-order valence-corrected chi connectivity index (χ3v) is 7.40. The Balaban J connectivity index is 1.48. The van der Waals surface area contributed by atoms with Gasteiger partial charge in [-0.1, -0.05) is 65.3 Å². The zero-order chi connectivity index (χ0) is 25.5. The highest BCUT2D eigenvalue weighted by atomic mass is 79.9. The maximum Gasteiger partial charge on any atom is 0.341 e. The van der Waals surface area contributed by atoms with Crippen LogP contribution in [0.5, 0.6) is 5.75 Å². The molecule has 1 aromatic heterocycles. The Morgan fingerprint density at radius 1 is 0.972 bits per heavy atom. The molecule has 184 valence electrons. The molecule has 3 aromatic carbocycles. The fourth-order valence-corrected chi connectivity index (χ4v) is 4.99. The number of carbonyl (C=O) groups excluding carboxylic acids is 2. The number of hydrogen-bond acceptors (Lipinski definition) is 5. The highest BCUT2D eigenvalue weighted by molar-refractivity contribution is 9.10. The molecule has 36 heavy (non-hydrogen) atoms. The first kappa shape index (κ1) is 25.7. The van der Waals surface area contributed by atoms with Gasteiger partial charge in [-0.15, -0.1) is 11.3 Å². The molecule has 0 aliphatic carbocycles. The molecule has 4 aromatic rings. The number of anilines is 1. The predicted molar refractivity (Wildman–Crippen MR) is 147 cm³/mol. The van der Waals surface area contributed by atoms with E-state index in [2.05, 4.69) is 40.3 Å². The largest absolute Gasteiger partial charge is 0.489 e. The summed E-state index contributed by atoms with van der Waals surface area (Å²) in [5.41, 5.74) is 2.93. The van der Waals surface area contributed by atoms with E-state index in [0.717, 1.165) is 26.2 Å². The average Bonchev–Trinajstić information content (AvgIpc) is 3.32. The van der Waals surface area contributed by atoms with Gasteiger partial charge in [0.2, 0.25) is 0 Å². The summed E-state index contributed by atoms with van der Waals surface area (Å²) in [4.78, 5) is 26.6. The number of thiophene rings is 1. The number of esters is 1. The molecule has 5 nitrogen and oxygen atoms in total. The van der Waals surface area contributed by atoms with Gasteiger partial charge in [0.05, 0.1) is 12.2 Å². The Labute approximate surface area is 223 Å². The van der Waals surface area contributed by atoms with Crippen LogP contribution in [-0.4, -0.2) is 18.5 Å². The molecule has 0 saturated carbocycles. The molecule has 0 unspecified atom stereocenters. The zero-order valence-corrected chi connectivity index (χ0v) is 22.4. The van der Waals surface area contributed by atoms with E-state index in [9.17, 15) is 9.59 Å². The maximum atomic E-state index is 13.0. The Hall–Kier alpha value is -3.42. The van der Waals surface area contributed by atoms with Crippen LogP contribution in [0.15, 0.2) is 89.4 Å². The van der Waals surface area contributed by atoms with Crippen molar-refractivity contribution in [3.8, 4) is 5.75 Å². The van der Waals surface area contributed by atoms with Crippen molar-refractivity contribution in [3.63, 3.8) is 0 Å². The molecule has 0 radical (unpaired) electrons. The van der Waals surface area contributed by atoms with E-state index in [-0.39, 0.29) is 18.4 Å². The quantitative estimate of drug-likeness (QED) is 0.212. The fourth-order valence-electron chi connectivity index (χ4n) is 3.61. The molecule has 1 atom stereocenters. The standard InChI is InChI=1S/C29H26BrNO4S/c1-3-34-29(33)25-17-26(19(2)21-7-5-4-6-8-21)36-28(25)31-27(32)22-11-9-20(10-12-22)18-35-24-15-13-23(30)14-16-24/h4-17,19H,3,18H2,1-2H3,(H,31,32)/t19-/m1/s1. The van der Waals surface area contributed by atoms with Gasteiger partial charge in [-0.3, -0.25) is 4.79 Å². The molecule has 0 fully saturated rings. The topological polar surface area (TPSA) is 64.6 Å². The van der Waals surface area contributed by atoms with Crippen molar-refractivity contribution in [1.82, 2.24) is 0 Å². The van der Waals surface area contributed by atoms with Gasteiger partial charge in [-0.05, 0) is 60.5 Å². The normalized spacial score (nSPS) is 11.5. The lowest BCUT2D eigenvalue weighted by atomic mass is 9.99. The summed E-state index contributed by atoms with van der Waals surface area (Å²) < 4.78 is 12.0. The van der Waals surface area contributed by atoms with E-state index in [4.69, 9.17) is 9.47 Å². The second-order valence-corrected chi connectivity index (χ2v) is 10.1. The molecular weight excluding hydrogens is 538 g/mol. The van der Waals surface area contributed by atoms with Crippen LogP contribution in [0.3, 0.4) is 0 Å². The number of hydrogen-bond donors (Lipinski definition) is 1. The molecule has 1 heterocycles. The Morgan fingerprint density at radius 2 is 1.67 bits per heavy atom. The van der Waals surface area contributed by atoms with E-state index in [1.165, 1.54) is 11.3 Å². The summed E-state index contributed by atoms with van der Waals surface area (Å²) in [5.74, 6) is 0.0995. The highest BCUT2D eigenvalue weighted by Crippen LogP contribution is 2.36. The van der Waals surface area contributed by atoms with E-state index in [0.29, 0.717) is 22.7 Å². The average molecular weight is 565 g/mol. The molecule has 0 bridgehead atoms. The van der Waals surface area contributed by atoms with Crippen molar-refractivity contribution in [1.29, 1.82) is 0 Å². The van der Waals surface area contributed by atoms with Crippen molar-refractivity contribution in [3.05, 3.63) is 117 Å². The van der Waals surface area contributed by atoms with Crippen LogP contribution in [0.25, 0.3) is 0 Å². The van der Waals surface area contributed by atoms with Gasteiger partial charge in [-0.25, -0.2) is 4.79 Å². The first-order chi connectivity index (χ1) is 17.4. The molecular formula is C29H26BrNO4S. The molecule has 0 saturated heterocycles. The molecule has 1 amide bonds. The third-order valence-electron chi connectivity index (χ3n) is 5.64. The van der Waals surface area contributed by atoms with E-state index >= 15 is 0 Å². The van der Waals surface area contributed by atoms with Gasteiger partial charge < -0.3 is 14.8 Å². The SMILES string of the molecule is CCOC(=O)c1cc([C@H](C)c2ccccc2)sc1NC(=O)c1ccc(COc2ccc(Br)cc2)cc1. The number of halogens is 1. The van der Waals surface area contributed by atoms with E-state index in [1.54, 1.807) is 19.1 Å². The van der Waals surface area contributed by atoms with Crippen LogP contribution in [0.4, 0.5) is 5.00 Å². The highest BCUT2D eigenvalue weighted by Gasteiger charge is 2.22. The van der Waals surface area contributed by atoms with Crippen LogP contribution < -0.4 is 10.1 Å². The summed E-state index contributed by atoms with van der Waals surface area (Å²) in [6.45, 7) is 4.49. The summed E-state index contributed by atoms with van der Waals surface area (Å²) in [6, 6.07) is 26.7. The molecule has 4 rings (SSSR count). The van der Waals surface area contributed by atoms with Crippen molar-refractivity contribution >= 4 is 44.1 Å². The van der Waals surface area contributed by atoms with Crippen molar-refractivity contribution in [2.24, 2.45) is 0 Å². The maximum absolute atomic E-state index is 13.0. The molecule has 0 aliphatic rings. The smallest absolute Gasteiger partial charge is 0.341 e. The van der Waals surface area contributed by atoms with Crippen LogP contribution in [0.1, 0.15) is 56.5 Å². The zero-order valence-electron chi connectivity index (χ0n) is 20.0. The number of ether oxygens (including phenoxy) is 2. The minimum absolute atomic E-state index is 0.0695. The molecule has 0 spiro atoms. The first-order valence-corrected chi connectivity index (χ1v) is 13.2. The Bertz CT molecular complexity index is 1320. The van der Waals surface area contributed by atoms with Crippen LogP contribution in [-0.2, 0) is 11.3 Å². The first-order valence-electron chi connectivity index (χ1n) is 11.6. The fraction of sp³-hybridized carbons (Fsp3) is 0.172. The summed E-state index contributed by atoms with van der Waals surface area (Å²) in [7, 11) is 0. The number of benzene rings is 3. The lowest BCUT2D eigenvalue weighted by Crippen LogP contribution is -2.14. The Kier molecular flexibility index (Phi) is 8.57. The van der Waals surface area contributed by atoms with Gasteiger partial charge in [-0.2, -0.15) is 0 Å².